The second-order valence-electron chi connectivity index (χ2n) is 10.5. The highest BCUT2D eigenvalue weighted by atomic mass is 16.5. The van der Waals surface area contributed by atoms with Gasteiger partial charge in [0.2, 0.25) is 5.91 Å². The number of benzene rings is 1. The second-order valence-corrected chi connectivity index (χ2v) is 10.5. The number of anilines is 1. The van der Waals surface area contributed by atoms with Crippen LogP contribution in [-0.2, 0) is 29.0 Å². The molecular formula is C28H36N4O3. The molecule has 7 nitrogen and oxygen atoms in total. The largest absolute Gasteiger partial charge is 0.496 e. The van der Waals surface area contributed by atoms with Crippen molar-refractivity contribution >= 4 is 11.7 Å². The number of para-hydroxylation sites is 1. The quantitative estimate of drug-likeness (QED) is 0.643. The van der Waals surface area contributed by atoms with Crippen molar-refractivity contribution in [2.24, 2.45) is 0 Å². The Balaban J connectivity index is 1.59. The molecule has 4 rings (SSSR count). The summed E-state index contributed by atoms with van der Waals surface area (Å²) in [6, 6.07) is 10.1. The summed E-state index contributed by atoms with van der Waals surface area (Å²) in [6.45, 7) is 12.8. The fraction of sp³-hybridized carbons (Fsp3) is 0.536. The van der Waals surface area contributed by atoms with Crippen molar-refractivity contribution in [2.45, 2.75) is 71.6 Å². The number of rotatable bonds is 5. The van der Waals surface area contributed by atoms with E-state index in [0.717, 1.165) is 34.0 Å². The SMILES string of the molecule is COc1ccccc1CC(=O)N1CCN(c2nc(C(C)C)c3c(c2C#N)CC(C)(C)OC3)C[C@H]1C. The maximum atomic E-state index is 13.2. The molecule has 0 bridgehead atoms. The number of carbonyl (C=O) groups excluding carboxylic acids is 1. The molecule has 0 saturated carbocycles. The fourth-order valence-corrected chi connectivity index (χ4v) is 5.24. The number of hydrogen-bond donors (Lipinski definition) is 0. The lowest BCUT2D eigenvalue weighted by Gasteiger charge is -2.42. The lowest BCUT2D eigenvalue weighted by molar-refractivity contribution is -0.132. The highest BCUT2D eigenvalue weighted by Crippen LogP contribution is 2.38. The Kier molecular flexibility index (Phi) is 7.05. The smallest absolute Gasteiger partial charge is 0.227 e. The third kappa shape index (κ3) is 4.99. The molecule has 0 spiro atoms. The summed E-state index contributed by atoms with van der Waals surface area (Å²) < 4.78 is 11.5. The maximum absolute atomic E-state index is 13.2. The van der Waals surface area contributed by atoms with Crippen molar-refractivity contribution < 1.29 is 14.3 Å². The van der Waals surface area contributed by atoms with Gasteiger partial charge in [-0.1, -0.05) is 32.0 Å². The number of nitriles is 1. The summed E-state index contributed by atoms with van der Waals surface area (Å²) in [6.07, 6.45) is 0.995. The van der Waals surface area contributed by atoms with Gasteiger partial charge in [-0.25, -0.2) is 4.98 Å². The molecule has 1 atom stereocenters. The molecule has 0 unspecified atom stereocenters. The molecule has 1 aromatic carbocycles. The maximum Gasteiger partial charge on any atom is 0.227 e. The number of fused-ring (bicyclic) bond motifs is 1. The number of piperazine rings is 1. The lowest BCUT2D eigenvalue weighted by atomic mass is 9.86. The molecule has 3 heterocycles. The Bertz CT molecular complexity index is 1150. The van der Waals surface area contributed by atoms with Gasteiger partial charge in [-0.15, -0.1) is 0 Å². The first-order valence-corrected chi connectivity index (χ1v) is 12.4. The zero-order valence-electron chi connectivity index (χ0n) is 21.7. The molecule has 1 aromatic heterocycles. The number of methoxy groups -OCH3 is 1. The summed E-state index contributed by atoms with van der Waals surface area (Å²) in [4.78, 5) is 22.3. The Morgan fingerprint density at radius 1 is 1.29 bits per heavy atom. The molecule has 0 radical (unpaired) electrons. The van der Waals surface area contributed by atoms with Crippen molar-refractivity contribution in [3.05, 3.63) is 52.2 Å². The van der Waals surface area contributed by atoms with E-state index in [0.29, 0.717) is 44.6 Å². The highest BCUT2D eigenvalue weighted by Gasteiger charge is 2.35. The molecule has 0 N–H and O–H groups in total. The van der Waals surface area contributed by atoms with Gasteiger partial charge in [-0.3, -0.25) is 4.79 Å². The monoisotopic (exact) mass is 476 g/mol. The first kappa shape index (κ1) is 25.0. The first-order valence-electron chi connectivity index (χ1n) is 12.4. The number of amides is 1. The van der Waals surface area contributed by atoms with E-state index in [1.807, 2.05) is 29.2 Å². The molecule has 186 valence electrons. The molecule has 1 saturated heterocycles. The van der Waals surface area contributed by atoms with Crippen molar-refractivity contribution in [3.8, 4) is 11.8 Å². The molecule has 35 heavy (non-hydrogen) atoms. The molecule has 2 aliphatic rings. The Morgan fingerprint density at radius 3 is 2.69 bits per heavy atom. The third-order valence-electron chi connectivity index (χ3n) is 7.08. The number of carbonyl (C=O) groups is 1. The van der Waals surface area contributed by atoms with Crippen molar-refractivity contribution in [2.75, 3.05) is 31.6 Å². The molecule has 2 aliphatic heterocycles. The van der Waals surface area contributed by atoms with Gasteiger partial charge in [0.1, 0.15) is 17.6 Å². The number of hydrogen-bond acceptors (Lipinski definition) is 6. The zero-order valence-corrected chi connectivity index (χ0v) is 21.7. The number of aromatic nitrogens is 1. The predicted octanol–water partition coefficient (Wildman–Crippen LogP) is 4.22. The van der Waals surface area contributed by atoms with Crippen LogP contribution in [0.4, 0.5) is 5.82 Å². The van der Waals surface area contributed by atoms with E-state index in [-0.39, 0.29) is 23.5 Å². The van der Waals surface area contributed by atoms with Crippen molar-refractivity contribution in [1.82, 2.24) is 9.88 Å². The van der Waals surface area contributed by atoms with Crippen LogP contribution in [0.25, 0.3) is 0 Å². The normalized spacial score (nSPS) is 19.3. The van der Waals surface area contributed by atoms with Crippen LogP contribution in [-0.4, -0.2) is 54.2 Å². The van der Waals surface area contributed by atoms with Gasteiger partial charge in [0.25, 0.3) is 0 Å². The fourth-order valence-electron chi connectivity index (χ4n) is 5.24. The summed E-state index contributed by atoms with van der Waals surface area (Å²) in [7, 11) is 1.63. The topological polar surface area (TPSA) is 78.7 Å². The Hall–Kier alpha value is -3.11. The van der Waals surface area contributed by atoms with Gasteiger partial charge in [-0.2, -0.15) is 5.26 Å². The Morgan fingerprint density at radius 2 is 2.03 bits per heavy atom. The van der Waals surface area contributed by atoms with Gasteiger partial charge < -0.3 is 19.3 Å². The van der Waals surface area contributed by atoms with Gasteiger partial charge >= 0.3 is 0 Å². The van der Waals surface area contributed by atoms with Crippen LogP contribution in [0.15, 0.2) is 24.3 Å². The summed E-state index contributed by atoms with van der Waals surface area (Å²) in [5.74, 6) is 1.79. The highest BCUT2D eigenvalue weighted by molar-refractivity contribution is 5.80. The standard InChI is InChI=1S/C28H36N4O3/c1-18(2)26-23-17-35-28(4,5)14-21(23)22(15-29)27(30-26)31-11-12-32(19(3)16-31)25(33)13-20-9-7-8-10-24(20)34-6/h7-10,18-19H,11-14,16-17H2,1-6H3/t19-/m1/s1. The van der Waals surface area contributed by atoms with E-state index in [1.54, 1.807) is 7.11 Å². The minimum atomic E-state index is -0.317. The van der Waals surface area contributed by atoms with Crippen LogP contribution < -0.4 is 9.64 Å². The molecule has 0 aliphatic carbocycles. The average Bonchev–Trinajstić information content (AvgIpc) is 2.82. The summed E-state index contributed by atoms with van der Waals surface area (Å²) in [5.41, 5.74) is 4.37. The van der Waals surface area contributed by atoms with Crippen molar-refractivity contribution in [3.63, 3.8) is 0 Å². The number of pyridine rings is 1. The summed E-state index contributed by atoms with van der Waals surface area (Å²) >= 11 is 0. The number of nitrogens with zero attached hydrogens (tertiary/aromatic N) is 4. The number of ether oxygens (including phenoxy) is 2. The van der Waals surface area contributed by atoms with Crippen molar-refractivity contribution in [1.29, 1.82) is 5.26 Å². The van der Waals surface area contributed by atoms with Crippen LogP contribution in [0.5, 0.6) is 5.75 Å². The van der Waals surface area contributed by atoms with Crippen LogP contribution in [0.3, 0.4) is 0 Å². The van der Waals surface area contributed by atoms with E-state index >= 15 is 0 Å². The molecule has 7 heteroatoms. The average molecular weight is 477 g/mol. The molecular weight excluding hydrogens is 440 g/mol. The minimum Gasteiger partial charge on any atom is -0.496 e. The minimum absolute atomic E-state index is 0.00222. The van der Waals surface area contributed by atoms with Gasteiger partial charge in [-0.05, 0) is 38.3 Å². The van der Waals surface area contributed by atoms with Gasteiger partial charge in [0, 0.05) is 43.2 Å². The van der Waals surface area contributed by atoms with Gasteiger partial charge in [0.05, 0.1) is 37.0 Å². The van der Waals surface area contributed by atoms with E-state index < -0.39 is 0 Å². The van der Waals surface area contributed by atoms with E-state index in [9.17, 15) is 10.1 Å². The van der Waals surface area contributed by atoms with Gasteiger partial charge in [0.15, 0.2) is 0 Å². The summed E-state index contributed by atoms with van der Waals surface area (Å²) in [5, 5.41) is 10.2. The second kappa shape index (κ2) is 9.87. The van der Waals surface area contributed by atoms with E-state index in [4.69, 9.17) is 14.5 Å². The Labute approximate surface area is 208 Å². The zero-order chi connectivity index (χ0) is 25.3. The van der Waals surface area contributed by atoms with E-state index in [1.165, 1.54) is 0 Å². The van der Waals surface area contributed by atoms with Crippen LogP contribution >= 0.6 is 0 Å². The molecule has 1 fully saturated rings. The van der Waals surface area contributed by atoms with Crippen LogP contribution in [0.2, 0.25) is 0 Å². The third-order valence-corrected chi connectivity index (χ3v) is 7.08. The first-order chi connectivity index (χ1) is 16.6. The molecule has 2 aromatic rings. The van der Waals surface area contributed by atoms with Crippen LogP contribution in [0.1, 0.15) is 68.5 Å². The lowest BCUT2D eigenvalue weighted by Crippen LogP contribution is -2.55. The van der Waals surface area contributed by atoms with Crippen LogP contribution in [0, 0.1) is 11.3 Å². The molecule has 1 amide bonds. The predicted molar refractivity (Wildman–Crippen MR) is 136 cm³/mol. The van der Waals surface area contributed by atoms with E-state index in [2.05, 4.69) is 45.6 Å².